The maximum absolute atomic E-state index is 12.8. The number of aliphatic imine (C=N–C) groups is 1. The van der Waals surface area contributed by atoms with Crippen LogP contribution in [-0.2, 0) is 17.5 Å². The predicted molar refractivity (Wildman–Crippen MR) is 103 cm³/mol. The Morgan fingerprint density at radius 3 is 2.64 bits per heavy atom. The molecule has 0 saturated heterocycles. The van der Waals surface area contributed by atoms with Crippen molar-refractivity contribution >= 4 is 29.6 Å². The first-order valence-electron chi connectivity index (χ1n) is 8.49. The average molecular weight is 413 g/mol. The van der Waals surface area contributed by atoms with Gasteiger partial charge in [-0.05, 0) is 49.2 Å². The number of benzene rings is 2. The maximum Gasteiger partial charge on any atom is 0.416 e. The Balaban J connectivity index is 2.13. The topological polar surface area (TPSA) is 41.9 Å². The van der Waals surface area contributed by atoms with Crippen molar-refractivity contribution in [2.24, 2.45) is 4.99 Å². The Hall–Kier alpha value is -2.54. The number of alkyl halides is 3. The summed E-state index contributed by atoms with van der Waals surface area (Å²) in [5.74, 6) is -0.716. The van der Waals surface area contributed by atoms with E-state index in [9.17, 15) is 18.0 Å². The summed E-state index contributed by atoms with van der Waals surface area (Å²) in [7, 11) is 1.87. The van der Waals surface area contributed by atoms with Crippen molar-refractivity contribution in [2.75, 3.05) is 13.6 Å². The Kier molecular flexibility index (Phi) is 7.07. The number of carbonyl (C=O) groups is 1. The van der Waals surface area contributed by atoms with Crippen LogP contribution in [0.3, 0.4) is 0 Å². The third kappa shape index (κ3) is 5.73. The molecule has 0 spiro atoms. The molecule has 0 aromatic heterocycles. The van der Waals surface area contributed by atoms with Crippen LogP contribution in [0.15, 0.2) is 41.4 Å². The van der Waals surface area contributed by atoms with Gasteiger partial charge >= 0.3 is 12.1 Å². The van der Waals surface area contributed by atoms with Crippen molar-refractivity contribution in [1.82, 2.24) is 4.90 Å². The van der Waals surface area contributed by atoms with Crippen LogP contribution >= 0.6 is 11.6 Å². The minimum Gasteiger partial charge on any atom is -0.457 e. The second kappa shape index (κ2) is 9.10. The molecule has 4 nitrogen and oxygen atoms in total. The molecule has 0 amide bonds. The molecule has 0 unspecified atom stereocenters. The molecule has 0 heterocycles. The molecule has 0 aliphatic heterocycles. The monoisotopic (exact) mass is 412 g/mol. The zero-order valence-corrected chi connectivity index (χ0v) is 16.4. The van der Waals surface area contributed by atoms with E-state index in [-0.39, 0.29) is 22.8 Å². The van der Waals surface area contributed by atoms with Crippen LogP contribution < -0.4 is 0 Å². The number of esters is 1. The summed E-state index contributed by atoms with van der Waals surface area (Å²) < 4.78 is 43.4. The number of ether oxygens (including phenoxy) is 1. The van der Waals surface area contributed by atoms with Crippen LogP contribution in [0.2, 0.25) is 5.02 Å². The Bertz CT molecular complexity index is 882. The minimum absolute atomic E-state index is 0.133. The molecule has 0 saturated carbocycles. The number of rotatable bonds is 6. The van der Waals surface area contributed by atoms with Gasteiger partial charge in [-0.15, -0.1) is 0 Å². The van der Waals surface area contributed by atoms with Crippen molar-refractivity contribution in [1.29, 1.82) is 0 Å². The van der Waals surface area contributed by atoms with E-state index < -0.39 is 17.7 Å². The van der Waals surface area contributed by atoms with Gasteiger partial charge in [0.25, 0.3) is 0 Å². The Morgan fingerprint density at radius 1 is 1.29 bits per heavy atom. The first-order valence-corrected chi connectivity index (χ1v) is 8.87. The molecule has 0 fully saturated rings. The summed E-state index contributed by atoms with van der Waals surface area (Å²) in [5.41, 5.74) is 0.902. The van der Waals surface area contributed by atoms with E-state index in [1.807, 2.05) is 18.9 Å². The van der Waals surface area contributed by atoms with E-state index in [0.717, 1.165) is 24.2 Å². The number of nitrogens with zero attached hydrogens (tertiary/aromatic N) is 2. The van der Waals surface area contributed by atoms with Crippen LogP contribution in [0.1, 0.15) is 34.0 Å². The summed E-state index contributed by atoms with van der Waals surface area (Å²) in [6.45, 7) is 4.25. The van der Waals surface area contributed by atoms with Gasteiger partial charge < -0.3 is 9.64 Å². The first kappa shape index (κ1) is 21.8. The third-order valence-electron chi connectivity index (χ3n) is 4.02. The fourth-order valence-electron chi connectivity index (χ4n) is 2.27. The summed E-state index contributed by atoms with van der Waals surface area (Å²) in [5, 5.41) is 0.158. The van der Waals surface area contributed by atoms with Crippen molar-refractivity contribution < 1.29 is 22.7 Å². The lowest BCUT2D eigenvalue weighted by Crippen LogP contribution is -2.14. The van der Waals surface area contributed by atoms with Gasteiger partial charge in [-0.1, -0.05) is 23.7 Å². The van der Waals surface area contributed by atoms with Gasteiger partial charge in [0, 0.05) is 13.6 Å². The van der Waals surface area contributed by atoms with Gasteiger partial charge in [0.2, 0.25) is 0 Å². The highest BCUT2D eigenvalue weighted by atomic mass is 35.5. The van der Waals surface area contributed by atoms with Crippen molar-refractivity contribution in [2.45, 2.75) is 26.6 Å². The van der Waals surface area contributed by atoms with Gasteiger partial charge in [-0.25, -0.2) is 9.79 Å². The van der Waals surface area contributed by atoms with Gasteiger partial charge in [0.15, 0.2) is 0 Å². The van der Waals surface area contributed by atoms with E-state index in [2.05, 4.69) is 4.99 Å². The molecule has 0 N–H and O–H groups in total. The van der Waals surface area contributed by atoms with Crippen LogP contribution in [0, 0.1) is 6.92 Å². The Morgan fingerprint density at radius 2 is 2.00 bits per heavy atom. The third-order valence-corrected chi connectivity index (χ3v) is 4.34. The lowest BCUT2D eigenvalue weighted by Gasteiger charge is -2.12. The van der Waals surface area contributed by atoms with Crippen LogP contribution in [0.5, 0.6) is 0 Å². The summed E-state index contributed by atoms with van der Waals surface area (Å²) in [6.07, 6.45) is -2.80. The molecule has 0 bridgehead atoms. The smallest absolute Gasteiger partial charge is 0.416 e. The molecule has 28 heavy (non-hydrogen) atoms. The lowest BCUT2D eigenvalue weighted by molar-refractivity contribution is -0.137. The number of halogens is 4. The molecule has 150 valence electrons. The zero-order valence-electron chi connectivity index (χ0n) is 15.7. The van der Waals surface area contributed by atoms with Gasteiger partial charge in [0.1, 0.15) is 6.61 Å². The number of aryl methyl sites for hydroxylation is 1. The quantitative estimate of drug-likeness (QED) is 0.350. The minimum atomic E-state index is -4.46. The fraction of sp³-hybridized carbons (Fsp3) is 0.300. The standard InChI is InChI=1S/C20H20ClF3N2O2/c1-4-26(3)12-25-18-10-17(21)16(8-13(18)2)19(27)28-11-14-6-5-7-15(9-14)20(22,23)24/h5-10,12H,4,11H2,1-3H3/b25-12+. The highest BCUT2D eigenvalue weighted by Gasteiger charge is 2.30. The van der Waals surface area contributed by atoms with Crippen LogP contribution in [0.4, 0.5) is 18.9 Å². The average Bonchev–Trinajstić information content (AvgIpc) is 2.65. The van der Waals surface area contributed by atoms with Gasteiger partial charge in [0.05, 0.1) is 28.2 Å². The molecule has 8 heteroatoms. The molecular weight excluding hydrogens is 393 g/mol. The molecule has 0 aliphatic carbocycles. The maximum atomic E-state index is 12.8. The lowest BCUT2D eigenvalue weighted by atomic mass is 10.1. The first-order chi connectivity index (χ1) is 13.1. The molecule has 2 aromatic carbocycles. The van der Waals surface area contributed by atoms with E-state index in [0.29, 0.717) is 5.69 Å². The van der Waals surface area contributed by atoms with Gasteiger partial charge in [-0.2, -0.15) is 13.2 Å². The van der Waals surface area contributed by atoms with E-state index in [4.69, 9.17) is 16.3 Å². The summed E-state index contributed by atoms with van der Waals surface area (Å²) in [4.78, 5) is 18.5. The largest absolute Gasteiger partial charge is 0.457 e. The second-order valence-corrected chi connectivity index (χ2v) is 6.62. The molecule has 0 aliphatic rings. The number of hydrogen-bond acceptors (Lipinski definition) is 3. The zero-order chi connectivity index (χ0) is 20.9. The summed E-state index contributed by atoms with van der Waals surface area (Å²) >= 11 is 6.18. The van der Waals surface area contributed by atoms with Crippen LogP contribution in [0.25, 0.3) is 0 Å². The van der Waals surface area contributed by atoms with Crippen molar-refractivity contribution in [3.8, 4) is 0 Å². The fourth-order valence-corrected chi connectivity index (χ4v) is 2.51. The SMILES string of the molecule is CCN(C)/C=N/c1cc(Cl)c(C(=O)OCc2cccc(C(F)(F)F)c2)cc1C. The number of carbonyl (C=O) groups excluding carboxylic acids is 1. The van der Waals surface area contributed by atoms with Crippen molar-refractivity contribution in [3.05, 3.63) is 63.7 Å². The van der Waals surface area contributed by atoms with Gasteiger partial charge in [-0.3, -0.25) is 0 Å². The van der Waals surface area contributed by atoms with E-state index >= 15 is 0 Å². The van der Waals surface area contributed by atoms with E-state index in [1.165, 1.54) is 12.1 Å². The highest BCUT2D eigenvalue weighted by Crippen LogP contribution is 2.30. The number of hydrogen-bond donors (Lipinski definition) is 0. The summed E-state index contributed by atoms with van der Waals surface area (Å²) in [6, 6.07) is 7.73. The van der Waals surface area contributed by atoms with E-state index in [1.54, 1.807) is 25.4 Å². The highest BCUT2D eigenvalue weighted by molar-refractivity contribution is 6.33. The molecule has 2 rings (SSSR count). The van der Waals surface area contributed by atoms with Crippen LogP contribution in [-0.4, -0.2) is 30.8 Å². The molecule has 0 radical (unpaired) electrons. The molecule has 0 atom stereocenters. The normalized spacial score (nSPS) is 11.7. The molecular formula is C20H20ClF3N2O2. The predicted octanol–water partition coefficient (Wildman–Crippen LogP) is 5.64. The second-order valence-electron chi connectivity index (χ2n) is 6.21. The molecule has 2 aromatic rings. The Labute approximate surface area is 166 Å². The van der Waals surface area contributed by atoms with Crippen molar-refractivity contribution in [3.63, 3.8) is 0 Å².